The molecule has 1 aromatic carbocycles. The van der Waals surface area contributed by atoms with Crippen LogP contribution in [-0.4, -0.2) is 9.78 Å². The van der Waals surface area contributed by atoms with E-state index < -0.39 is 0 Å². The predicted molar refractivity (Wildman–Crippen MR) is 78.1 cm³/mol. The van der Waals surface area contributed by atoms with E-state index in [0.29, 0.717) is 16.5 Å². The number of nitrogens with one attached hydrogen (secondary N) is 1. The van der Waals surface area contributed by atoms with Crippen LogP contribution in [0.1, 0.15) is 24.1 Å². The van der Waals surface area contributed by atoms with Crippen LogP contribution >= 0.6 is 23.2 Å². The molecule has 1 unspecified atom stereocenters. The van der Waals surface area contributed by atoms with Crippen LogP contribution in [0.15, 0.2) is 30.6 Å². The number of halogens is 2. The van der Waals surface area contributed by atoms with E-state index in [-0.39, 0.29) is 6.04 Å². The van der Waals surface area contributed by atoms with E-state index in [1.165, 1.54) is 0 Å². The first kappa shape index (κ1) is 14.3. The SMILES string of the molecule is CCn1cc(CC(NN)c2cccc(Cl)c2Cl)cn1. The van der Waals surface area contributed by atoms with E-state index in [0.717, 1.165) is 17.7 Å². The summed E-state index contributed by atoms with van der Waals surface area (Å²) in [4.78, 5) is 0. The van der Waals surface area contributed by atoms with Crippen molar-refractivity contribution < 1.29 is 0 Å². The maximum absolute atomic E-state index is 6.22. The van der Waals surface area contributed by atoms with Crippen molar-refractivity contribution >= 4 is 23.2 Å². The number of hydrogen-bond acceptors (Lipinski definition) is 3. The van der Waals surface area contributed by atoms with Crippen LogP contribution in [0.4, 0.5) is 0 Å². The highest BCUT2D eigenvalue weighted by Gasteiger charge is 2.16. The number of hydrazine groups is 1. The zero-order valence-corrected chi connectivity index (χ0v) is 12.1. The highest BCUT2D eigenvalue weighted by Crippen LogP contribution is 2.31. The van der Waals surface area contributed by atoms with Crippen LogP contribution in [0.2, 0.25) is 10.0 Å². The first-order valence-electron chi connectivity index (χ1n) is 6.07. The Labute approximate surface area is 122 Å². The van der Waals surface area contributed by atoms with Crippen molar-refractivity contribution in [2.24, 2.45) is 5.84 Å². The number of nitrogens with two attached hydrogens (primary N) is 1. The molecule has 4 nitrogen and oxygen atoms in total. The second kappa shape index (κ2) is 6.39. The van der Waals surface area contributed by atoms with Crippen LogP contribution in [0, 0.1) is 0 Å². The molecule has 0 saturated carbocycles. The Bertz CT molecular complexity index is 553. The van der Waals surface area contributed by atoms with Gasteiger partial charge in [-0.2, -0.15) is 5.10 Å². The van der Waals surface area contributed by atoms with Gasteiger partial charge in [-0.3, -0.25) is 16.0 Å². The highest BCUT2D eigenvalue weighted by molar-refractivity contribution is 6.42. The molecule has 0 aliphatic rings. The Morgan fingerprint density at radius 3 is 2.84 bits per heavy atom. The first-order valence-corrected chi connectivity index (χ1v) is 6.82. The lowest BCUT2D eigenvalue weighted by atomic mass is 10.0. The Morgan fingerprint density at radius 1 is 1.42 bits per heavy atom. The third-order valence-corrected chi connectivity index (χ3v) is 3.84. The molecular weight excluding hydrogens is 283 g/mol. The molecule has 0 bridgehead atoms. The third-order valence-electron chi connectivity index (χ3n) is 3.01. The minimum atomic E-state index is -0.0966. The Kier molecular flexibility index (Phi) is 4.82. The minimum Gasteiger partial charge on any atom is -0.273 e. The molecule has 19 heavy (non-hydrogen) atoms. The molecule has 6 heteroatoms. The van der Waals surface area contributed by atoms with E-state index >= 15 is 0 Å². The Morgan fingerprint density at radius 2 is 2.21 bits per heavy atom. The van der Waals surface area contributed by atoms with Gasteiger partial charge in [-0.15, -0.1) is 0 Å². The van der Waals surface area contributed by atoms with Gasteiger partial charge >= 0.3 is 0 Å². The maximum atomic E-state index is 6.22. The van der Waals surface area contributed by atoms with Gasteiger partial charge in [-0.05, 0) is 30.5 Å². The van der Waals surface area contributed by atoms with Crippen LogP contribution < -0.4 is 11.3 Å². The van der Waals surface area contributed by atoms with E-state index in [9.17, 15) is 0 Å². The number of benzene rings is 1. The molecule has 0 fully saturated rings. The zero-order valence-electron chi connectivity index (χ0n) is 10.6. The van der Waals surface area contributed by atoms with Crippen molar-refractivity contribution in [1.29, 1.82) is 0 Å². The zero-order chi connectivity index (χ0) is 13.8. The molecule has 0 saturated heterocycles. The van der Waals surface area contributed by atoms with E-state index in [1.54, 1.807) is 6.07 Å². The summed E-state index contributed by atoms with van der Waals surface area (Å²) in [6.07, 6.45) is 4.55. The molecule has 0 aliphatic carbocycles. The summed E-state index contributed by atoms with van der Waals surface area (Å²) in [7, 11) is 0. The van der Waals surface area contributed by atoms with Crippen molar-refractivity contribution in [2.75, 3.05) is 0 Å². The topological polar surface area (TPSA) is 55.9 Å². The fourth-order valence-corrected chi connectivity index (χ4v) is 2.41. The molecule has 0 amide bonds. The molecule has 1 atom stereocenters. The van der Waals surface area contributed by atoms with Crippen molar-refractivity contribution in [2.45, 2.75) is 25.9 Å². The average Bonchev–Trinajstić information content (AvgIpc) is 2.87. The van der Waals surface area contributed by atoms with Gasteiger partial charge < -0.3 is 0 Å². The Hall–Kier alpha value is -1.07. The molecule has 2 rings (SSSR count). The molecule has 0 radical (unpaired) electrons. The molecule has 2 aromatic rings. The van der Waals surface area contributed by atoms with E-state index in [1.807, 2.05) is 36.1 Å². The van der Waals surface area contributed by atoms with Crippen LogP contribution in [0.5, 0.6) is 0 Å². The van der Waals surface area contributed by atoms with Gasteiger partial charge in [0.1, 0.15) is 0 Å². The van der Waals surface area contributed by atoms with Gasteiger partial charge in [-0.25, -0.2) is 0 Å². The van der Waals surface area contributed by atoms with Gasteiger partial charge in [0.2, 0.25) is 0 Å². The molecule has 1 heterocycles. The van der Waals surface area contributed by atoms with Crippen LogP contribution in [-0.2, 0) is 13.0 Å². The summed E-state index contributed by atoms with van der Waals surface area (Å²) in [6.45, 7) is 2.89. The lowest BCUT2D eigenvalue weighted by Crippen LogP contribution is -2.29. The normalized spacial score (nSPS) is 12.6. The van der Waals surface area contributed by atoms with Crippen molar-refractivity contribution in [3.8, 4) is 0 Å². The monoisotopic (exact) mass is 298 g/mol. The number of aryl methyl sites for hydroxylation is 1. The average molecular weight is 299 g/mol. The standard InChI is InChI=1S/C13H16Cl2N4/c1-2-19-8-9(7-17-19)6-12(18-16)10-4-3-5-11(14)13(10)15/h3-5,7-8,12,18H,2,6,16H2,1H3. The molecule has 3 N–H and O–H groups in total. The first-order chi connectivity index (χ1) is 9.15. The number of aromatic nitrogens is 2. The number of nitrogens with zero attached hydrogens (tertiary/aromatic N) is 2. The van der Waals surface area contributed by atoms with Gasteiger partial charge in [-0.1, -0.05) is 35.3 Å². The summed E-state index contributed by atoms with van der Waals surface area (Å²) < 4.78 is 1.88. The summed E-state index contributed by atoms with van der Waals surface area (Å²) >= 11 is 12.2. The van der Waals surface area contributed by atoms with Gasteiger partial charge in [0.25, 0.3) is 0 Å². The highest BCUT2D eigenvalue weighted by atomic mass is 35.5. The van der Waals surface area contributed by atoms with Gasteiger partial charge in [0.15, 0.2) is 0 Å². The van der Waals surface area contributed by atoms with Gasteiger partial charge in [0, 0.05) is 12.7 Å². The third kappa shape index (κ3) is 3.28. The second-order valence-electron chi connectivity index (χ2n) is 4.27. The lowest BCUT2D eigenvalue weighted by Gasteiger charge is -2.17. The summed E-state index contributed by atoms with van der Waals surface area (Å²) in [5.41, 5.74) is 4.77. The predicted octanol–water partition coefficient (Wildman–Crippen LogP) is 2.96. The molecule has 1 aromatic heterocycles. The molecule has 102 valence electrons. The van der Waals surface area contributed by atoms with Gasteiger partial charge in [0.05, 0.1) is 22.3 Å². The molecular formula is C13H16Cl2N4. The van der Waals surface area contributed by atoms with Crippen molar-refractivity contribution in [1.82, 2.24) is 15.2 Å². The van der Waals surface area contributed by atoms with Crippen molar-refractivity contribution in [3.05, 3.63) is 51.8 Å². The van der Waals surface area contributed by atoms with Crippen LogP contribution in [0.25, 0.3) is 0 Å². The van der Waals surface area contributed by atoms with E-state index in [4.69, 9.17) is 29.0 Å². The second-order valence-corrected chi connectivity index (χ2v) is 5.06. The lowest BCUT2D eigenvalue weighted by molar-refractivity contribution is 0.551. The fraction of sp³-hybridized carbons (Fsp3) is 0.308. The largest absolute Gasteiger partial charge is 0.273 e. The van der Waals surface area contributed by atoms with Crippen LogP contribution in [0.3, 0.4) is 0 Å². The summed E-state index contributed by atoms with van der Waals surface area (Å²) in [5.74, 6) is 5.63. The minimum absolute atomic E-state index is 0.0966. The van der Waals surface area contributed by atoms with E-state index in [2.05, 4.69) is 10.5 Å². The summed E-state index contributed by atoms with van der Waals surface area (Å²) in [6, 6.07) is 5.45. The Balaban J connectivity index is 2.22. The fourth-order valence-electron chi connectivity index (χ4n) is 1.97. The smallest absolute Gasteiger partial charge is 0.0640 e. The number of hydrogen-bond donors (Lipinski definition) is 2. The van der Waals surface area contributed by atoms with Crippen molar-refractivity contribution in [3.63, 3.8) is 0 Å². The molecule has 0 aliphatic heterocycles. The molecule has 0 spiro atoms. The maximum Gasteiger partial charge on any atom is 0.0640 e. The quantitative estimate of drug-likeness (QED) is 0.659. The number of rotatable bonds is 5. The summed E-state index contributed by atoms with van der Waals surface area (Å²) in [5, 5.41) is 5.31.